The molecule has 1 fully saturated rings. The molecule has 3 aromatic rings. The average Bonchev–Trinajstić information content (AvgIpc) is 2.71. The molecule has 0 amide bonds. The van der Waals surface area contributed by atoms with Gasteiger partial charge in [-0.1, -0.05) is 6.07 Å². The summed E-state index contributed by atoms with van der Waals surface area (Å²) in [5.41, 5.74) is 2.73. The quantitative estimate of drug-likeness (QED) is 0.695. The number of pyridine rings is 2. The Morgan fingerprint density at radius 2 is 1.93 bits per heavy atom. The van der Waals surface area contributed by atoms with Gasteiger partial charge in [-0.3, -0.25) is 18.9 Å². The van der Waals surface area contributed by atoms with E-state index in [4.69, 9.17) is 0 Å². The number of aromatic nitrogens is 4. The second-order valence-corrected chi connectivity index (χ2v) is 7.19. The van der Waals surface area contributed by atoms with Gasteiger partial charge in [0, 0.05) is 39.2 Å². The third-order valence-electron chi connectivity index (χ3n) is 5.48. The van der Waals surface area contributed by atoms with Crippen molar-refractivity contribution >= 4 is 16.7 Å². The summed E-state index contributed by atoms with van der Waals surface area (Å²) in [7, 11) is 3.18. The van der Waals surface area contributed by atoms with Gasteiger partial charge in [-0.25, -0.2) is 9.78 Å². The van der Waals surface area contributed by atoms with Crippen LogP contribution in [0.2, 0.25) is 0 Å². The Kier molecular flexibility index (Phi) is 4.30. The van der Waals surface area contributed by atoms with Crippen LogP contribution in [0.1, 0.15) is 36.4 Å². The summed E-state index contributed by atoms with van der Waals surface area (Å²) in [6, 6.07) is 4.18. The summed E-state index contributed by atoms with van der Waals surface area (Å²) < 4.78 is 2.61. The molecule has 0 aliphatic carbocycles. The summed E-state index contributed by atoms with van der Waals surface area (Å²) in [6.45, 7) is 2.83. The molecule has 0 spiro atoms. The van der Waals surface area contributed by atoms with Gasteiger partial charge in [0.2, 0.25) is 0 Å². The van der Waals surface area contributed by atoms with E-state index in [2.05, 4.69) is 20.9 Å². The van der Waals surface area contributed by atoms with Gasteiger partial charge in [0.15, 0.2) is 5.65 Å². The van der Waals surface area contributed by atoms with E-state index in [1.807, 2.05) is 19.2 Å². The van der Waals surface area contributed by atoms with E-state index in [0.717, 1.165) is 47.2 Å². The number of rotatable bonds is 2. The maximum absolute atomic E-state index is 13.0. The van der Waals surface area contributed by atoms with Crippen LogP contribution in [-0.2, 0) is 14.1 Å². The first-order valence-electron chi connectivity index (χ1n) is 9.22. The monoisotopic (exact) mass is 365 g/mol. The van der Waals surface area contributed by atoms with Crippen molar-refractivity contribution in [1.29, 1.82) is 0 Å². The number of aryl methyl sites for hydroxylation is 2. The van der Waals surface area contributed by atoms with E-state index in [0.29, 0.717) is 11.0 Å². The Morgan fingerprint density at radius 3 is 2.67 bits per heavy atom. The molecule has 1 aliphatic heterocycles. The minimum absolute atomic E-state index is 0.152. The number of fused-ring (bicyclic) bond motifs is 1. The average molecular weight is 365 g/mol. The first-order valence-corrected chi connectivity index (χ1v) is 9.22. The lowest BCUT2D eigenvalue weighted by Gasteiger charge is -2.39. The molecule has 4 heterocycles. The van der Waals surface area contributed by atoms with Gasteiger partial charge in [-0.15, -0.1) is 0 Å². The largest absolute Gasteiger partial charge is 0.363 e. The van der Waals surface area contributed by atoms with Crippen LogP contribution in [0, 0.1) is 6.92 Å². The number of piperidine rings is 1. The summed E-state index contributed by atoms with van der Waals surface area (Å²) in [4.78, 5) is 36.3. The van der Waals surface area contributed by atoms with Gasteiger partial charge in [-0.2, -0.15) is 0 Å². The summed E-state index contributed by atoms with van der Waals surface area (Å²) in [5, 5.41) is 0.510. The maximum Gasteiger partial charge on any atom is 0.332 e. The van der Waals surface area contributed by atoms with Crippen molar-refractivity contribution in [3.63, 3.8) is 0 Å². The molecule has 0 saturated carbocycles. The molecule has 0 bridgehead atoms. The zero-order valence-electron chi connectivity index (χ0n) is 15.8. The van der Waals surface area contributed by atoms with Crippen LogP contribution in [-0.4, -0.2) is 25.6 Å². The van der Waals surface area contributed by atoms with Crippen LogP contribution in [0.4, 0.5) is 5.69 Å². The van der Waals surface area contributed by atoms with E-state index in [1.165, 1.54) is 11.6 Å². The van der Waals surface area contributed by atoms with Crippen molar-refractivity contribution in [2.24, 2.45) is 14.1 Å². The Labute approximate surface area is 156 Å². The molecule has 7 nitrogen and oxygen atoms in total. The first kappa shape index (κ1) is 17.5. The standard InChI is InChI=1S/C20H23N5O2/c1-13-11-22-18-16(19(26)24(3)20(27)23(18)2)17(13)25-10-5-4-8-15(25)14-7-6-9-21-12-14/h6-7,9,11-12,15H,4-5,8,10H2,1-3H3. The number of hydrogen-bond donors (Lipinski definition) is 0. The fourth-order valence-electron chi connectivity index (χ4n) is 4.10. The third kappa shape index (κ3) is 2.74. The van der Waals surface area contributed by atoms with Crippen molar-refractivity contribution in [1.82, 2.24) is 19.1 Å². The molecule has 1 atom stereocenters. The van der Waals surface area contributed by atoms with Crippen LogP contribution < -0.4 is 16.1 Å². The van der Waals surface area contributed by atoms with Crippen LogP contribution in [0.5, 0.6) is 0 Å². The molecule has 140 valence electrons. The minimum atomic E-state index is -0.364. The Morgan fingerprint density at radius 1 is 1.11 bits per heavy atom. The predicted octanol–water partition coefficient (Wildman–Crippen LogP) is 2.07. The van der Waals surface area contributed by atoms with Crippen molar-refractivity contribution in [2.45, 2.75) is 32.2 Å². The second kappa shape index (κ2) is 6.64. The number of hydrogen-bond acceptors (Lipinski definition) is 5. The highest BCUT2D eigenvalue weighted by Crippen LogP contribution is 2.38. The molecule has 1 aliphatic rings. The van der Waals surface area contributed by atoms with E-state index in [9.17, 15) is 9.59 Å². The molecule has 3 aromatic heterocycles. The molecule has 0 radical (unpaired) electrons. The number of nitrogens with zero attached hydrogens (tertiary/aromatic N) is 5. The molecular formula is C20H23N5O2. The molecule has 1 saturated heterocycles. The summed E-state index contributed by atoms with van der Waals surface area (Å²) in [6.07, 6.45) is 8.62. The van der Waals surface area contributed by atoms with Crippen LogP contribution in [0.3, 0.4) is 0 Å². The molecular weight excluding hydrogens is 342 g/mol. The lowest BCUT2D eigenvalue weighted by molar-refractivity contribution is 0.472. The van der Waals surface area contributed by atoms with Crippen molar-refractivity contribution in [3.05, 3.63) is 62.7 Å². The second-order valence-electron chi connectivity index (χ2n) is 7.19. The van der Waals surface area contributed by atoms with Gasteiger partial charge in [0.1, 0.15) is 5.39 Å². The fourth-order valence-corrected chi connectivity index (χ4v) is 4.10. The van der Waals surface area contributed by atoms with E-state index in [1.54, 1.807) is 19.4 Å². The minimum Gasteiger partial charge on any atom is -0.363 e. The predicted molar refractivity (Wildman–Crippen MR) is 105 cm³/mol. The van der Waals surface area contributed by atoms with Gasteiger partial charge in [0.05, 0.1) is 11.7 Å². The number of anilines is 1. The highest BCUT2D eigenvalue weighted by molar-refractivity contribution is 5.91. The van der Waals surface area contributed by atoms with Crippen molar-refractivity contribution < 1.29 is 0 Å². The van der Waals surface area contributed by atoms with Crippen molar-refractivity contribution in [3.8, 4) is 0 Å². The van der Waals surface area contributed by atoms with Gasteiger partial charge in [-0.05, 0) is 43.4 Å². The van der Waals surface area contributed by atoms with Gasteiger partial charge >= 0.3 is 5.69 Å². The highest BCUT2D eigenvalue weighted by Gasteiger charge is 2.28. The third-order valence-corrected chi connectivity index (χ3v) is 5.48. The Hall–Kier alpha value is -2.96. The van der Waals surface area contributed by atoms with Crippen LogP contribution in [0.15, 0.2) is 40.3 Å². The van der Waals surface area contributed by atoms with Crippen LogP contribution in [0.25, 0.3) is 11.0 Å². The zero-order valence-corrected chi connectivity index (χ0v) is 15.8. The molecule has 4 rings (SSSR count). The lowest BCUT2D eigenvalue weighted by atomic mass is 9.94. The summed E-state index contributed by atoms with van der Waals surface area (Å²) in [5.74, 6) is 0. The Balaban J connectivity index is 2.01. The fraction of sp³-hybridized carbons (Fsp3) is 0.400. The smallest absolute Gasteiger partial charge is 0.332 e. The van der Waals surface area contributed by atoms with E-state index in [-0.39, 0.29) is 17.3 Å². The molecule has 0 aromatic carbocycles. The Bertz CT molecular complexity index is 1120. The molecule has 7 heteroatoms. The summed E-state index contributed by atoms with van der Waals surface area (Å²) >= 11 is 0. The lowest BCUT2D eigenvalue weighted by Crippen LogP contribution is -2.40. The SMILES string of the molecule is Cc1cnc2c(c1N1CCCCC1c1cccnc1)c(=O)n(C)c(=O)n2C. The van der Waals surface area contributed by atoms with E-state index < -0.39 is 0 Å². The van der Waals surface area contributed by atoms with Gasteiger partial charge in [0.25, 0.3) is 5.56 Å². The molecule has 0 N–H and O–H groups in total. The van der Waals surface area contributed by atoms with E-state index >= 15 is 0 Å². The first-order chi connectivity index (χ1) is 13.0. The normalized spacial score (nSPS) is 17.4. The molecule has 27 heavy (non-hydrogen) atoms. The van der Waals surface area contributed by atoms with Crippen LogP contribution >= 0.6 is 0 Å². The van der Waals surface area contributed by atoms with Crippen molar-refractivity contribution in [2.75, 3.05) is 11.4 Å². The highest BCUT2D eigenvalue weighted by atomic mass is 16.2. The maximum atomic E-state index is 13.0. The topological polar surface area (TPSA) is 73.0 Å². The van der Waals surface area contributed by atoms with Gasteiger partial charge < -0.3 is 4.90 Å². The zero-order chi connectivity index (χ0) is 19.1. The molecule has 1 unspecified atom stereocenters.